The van der Waals surface area contributed by atoms with Crippen molar-refractivity contribution in [2.24, 2.45) is 10.4 Å². The molecule has 0 amide bonds. The molecule has 0 bridgehead atoms. The molecule has 1 rings (SSSR count). The molecule has 0 spiro atoms. The van der Waals surface area contributed by atoms with Crippen LogP contribution in [0.25, 0.3) is 0 Å². The van der Waals surface area contributed by atoms with Crippen LogP contribution in [0.3, 0.4) is 0 Å². The molecule has 1 fully saturated rings. The normalized spacial score (nSPS) is 26.3. The molecule has 24 heavy (non-hydrogen) atoms. The van der Waals surface area contributed by atoms with Crippen LogP contribution >= 0.6 is 0 Å². The summed E-state index contributed by atoms with van der Waals surface area (Å²) in [4.78, 5) is 7.02. The first-order valence-electron chi connectivity index (χ1n) is 9.08. The maximum atomic E-state index is 5.70. The van der Waals surface area contributed by atoms with Gasteiger partial charge >= 0.3 is 0 Å². The van der Waals surface area contributed by atoms with Gasteiger partial charge in [-0.3, -0.25) is 4.99 Å². The lowest BCUT2D eigenvalue weighted by atomic mass is 9.56. The van der Waals surface area contributed by atoms with Crippen LogP contribution in [-0.2, 0) is 9.47 Å². The third kappa shape index (κ3) is 5.33. The minimum absolute atomic E-state index is 0.0659. The van der Waals surface area contributed by atoms with Gasteiger partial charge in [-0.1, -0.05) is 13.8 Å². The van der Waals surface area contributed by atoms with Crippen LogP contribution in [0.5, 0.6) is 0 Å². The predicted molar refractivity (Wildman–Crippen MR) is 101 cm³/mol. The standard InChI is InChI=1S/C18H38N4O2/c1-8-19-16(20-10-12-22(5)11-9-13-23-6)21-15-14-18(4,24-7)17(15,2)3/h15H,8-14H2,1-7H3,(H2,19,20,21). The summed E-state index contributed by atoms with van der Waals surface area (Å²) in [6, 6.07) is 0.375. The molecule has 0 aromatic heterocycles. The highest BCUT2D eigenvalue weighted by molar-refractivity contribution is 5.80. The highest BCUT2D eigenvalue weighted by atomic mass is 16.5. The number of rotatable bonds is 10. The molecule has 6 heteroatoms. The Kier molecular flexibility index (Phi) is 8.46. The molecule has 0 aromatic rings. The number of guanidine groups is 1. The van der Waals surface area contributed by atoms with Gasteiger partial charge in [0.15, 0.2) is 5.96 Å². The maximum Gasteiger partial charge on any atom is 0.191 e. The maximum absolute atomic E-state index is 5.70. The van der Waals surface area contributed by atoms with Crippen molar-refractivity contribution in [3.63, 3.8) is 0 Å². The average Bonchev–Trinajstić information content (AvgIpc) is 2.54. The van der Waals surface area contributed by atoms with Gasteiger partial charge in [-0.25, -0.2) is 0 Å². The fourth-order valence-electron chi connectivity index (χ4n) is 3.13. The van der Waals surface area contributed by atoms with Gasteiger partial charge in [-0.2, -0.15) is 0 Å². The number of ether oxygens (including phenoxy) is 2. The molecule has 0 aliphatic heterocycles. The van der Waals surface area contributed by atoms with Gasteiger partial charge in [0, 0.05) is 51.9 Å². The summed E-state index contributed by atoms with van der Waals surface area (Å²) in [5.41, 5.74) is 0.0123. The Labute approximate surface area is 148 Å². The first kappa shape index (κ1) is 21.2. The smallest absolute Gasteiger partial charge is 0.191 e. The third-order valence-corrected chi connectivity index (χ3v) is 5.57. The van der Waals surface area contributed by atoms with E-state index in [-0.39, 0.29) is 11.0 Å². The lowest BCUT2D eigenvalue weighted by Crippen LogP contribution is -2.69. The van der Waals surface area contributed by atoms with E-state index in [1.165, 1.54) is 0 Å². The van der Waals surface area contributed by atoms with Crippen molar-refractivity contribution in [2.75, 3.05) is 54.1 Å². The second-order valence-corrected chi connectivity index (χ2v) is 7.47. The minimum Gasteiger partial charge on any atom is -0.385 e. The van der Waals surface area contributed by atoms with Gasteiger partial charge in [-0.05, 0) is 33.7 Å². The van der Waals surface area contributed by atoms with Crippen LogP contribution in [0, 0.1) is 5.41 Å². The average molecular weight is 343 g/mol. The van der Waals surface area contributed by atoms with Gasteiger partial charge in [0.2, 0.25) is 0 Å². The van der Waals surface area contributed by atoms with E-state index in [0.717, 1.165) is 51.6 Å². The molecule has 2 atom stereocenters. The zero-order chi connectivity index (χ0) is 18.2. The number of likely N-dealkylation sites (N-methyl/N-ethyl adjacent to an activating group) is 1. The van der Waals surface area contributed by atoms with E-state index in [1.807, 2.05) is 0 Å². The summed E-state index contributed by atoms with van der Waals surface area (Å²) in [5.74, 6) is 0.902. The third-order valence-electron chi connectivity index (χ3n) is 5.57. The van der Waals surface area contributed by atoms with E-state index in [0.29, 0.717) is 6.04 Å². The summed E-state index contributed by atoms with van der Waals surface area (Å²) in [5, 5.41) is 6.93. The van der Waals surface area contributed by atoms with E-state index >= 15 is 0 Å². The lowest BCUT2D eigenvalue weighted by molar-refractivity contribution is -0.176. The number of hydrogen-bond donors (Lipinski definition) is 2. The summed E-state index contributed by atoms with van der Waals surface area (Å²) >= 11 is 0. The molecule has 1 aliphatic carbocycles. The van der Waals surface area contributed by atoms with E-state index in [1.54, 1.807) is 14.2 Å². The minimum atomic E-state index is -0.0659. The molecule has 6 nitrogen and oxygen atoms in total. The molecule has 142 valence electrons. The Morgan fingerprint density at radius 3 is 2.50 bits per heavy atom. The number of methoxy groups -OCH3 is 2. The quantitative estimate of drug-likeness (QED) is 0.360. The Morgan fingerprint density at radius 2 is 1.96 bits per heavy atom. The molecular formula is C18H38N4O2. The largest absolute Gasteiger partial charge is 0.385 e. The molecule has 2 unspecified atom stereocenters. The molecular weight excluding hydrogens is 304 g/mol. The summed E-state index contributed by atoms with van der Waals surface area (Å²) in [7, 11) is 5.68. The van der Waals surface area contributed by atoms with Crippen LogP contribution < -0.4 is 10.6 Å². The van der Waals surface area contributed by atoms with E-state index in [9.17, 15) is 0 Å². The van der Waals surface area contributed by atoms with E-state index in [4.69, 9.17) is 14.5 Å². The Morgan fingerprint density at radius 1 is 1.25 bits per heavy atom. The second-order valence-electron chi connectivity index (χ2n) is 7.47. The van der Waals surface area contributed by atoms with Crippen LogP contribution in [0.1, 0.15) is 40.5 Å². The Bertz CT molecular complexity index is 400. The number of aliphatic imine (C=N–C) groups is 1. The van der Waals surface area contributed by atoms with Crippen molar-refractivity contribution in [3.05, 3.63) is 0 Å². The lowest BCUT2D eigenvalue weighted by Gasteiger charge is -2.59. The SMILES string of the molecule is CCNC(=NCCN(C)CCCOC)NC1CC(C)(OC)C1(C)C. The zero-order valence-electron chi connectivity index (χ0n) is 16.7. The Hall–Kier alpha value is -0.850. The van der Waals surface area contributed by atoms with E-state index < -0.39 is 0 Å². The molecule has 0 radical (unpaired) electrons. The number of nitrogens with zero attached hydrogens (tertiary/aromatic N) is 2. The first-order valence-corrected chi connectivity index (χ1v) is 9.08. The first-order chi connectivity index (χ1) is 11.3. The van der Waals surface area contributed by atoms with Gasteiger partial charge in [0.05, 0.1) is 12.1 Å². The van der Waals surface area contributed by atoms with Crippen molar-refractivity contribution >= 4 is 5.96 Å². The molecule has 2 N–H and O–H groups in total. The predicted octanol–water partition coefficient (Wildman–Crippen LogP) is 1.71. The number of hydrogen-bond acceptors (Lipinski definition) is 4. The van der Waals surface area contributed by atoms with Crippen LogP contribution in [0.2, 0.25) is 0 Å². The van der Waals surface area contributed by atoms with E-state index in [2.05, 4.69) is 50.3 Å². The van der Waals surface area contributed by atoms with Crippen molar-refractivity contribution < 1.29 is 9.47 Å². The van der Waals surface area contributed by atoms with Crippen molar-refractivity contribution in [2.45, 2.75) is 52.2 Å². The number of nitrogens with one attached hydrogen (secondary N) is 2. The van der Waals surface area contributed by atoms with Crippen molar-refractivity contribution in [3.8, 4) is 0 Å². The molecule has 0 aromatic carbocycles. The zero-order valence-corrected chi connectivity index (χ0v) is 16.7. The Balaban J connectivity index is 2.47. The molecule has 0 heterocycles. The van der Waals surface area contributed by atoms with Gasteiger partial charge < -0.3 is 25.0 Å². The highest BCUT2D eigenvalue weighted by Gasteiger charge is 2.58. The topological polar surface area (TPSA) is 58.1 Å². The fourth-order valence-corrected chi connectivity index (χ4v) is 3.13. The van der Waals surface area contributed by atoms with Gasteiger partial charge in [-0.15, -0.1) is 0 Å². The highest BCUT2D eigenvalue weighted by Crippen LogP contribution is 2.51. The summed E-state index contributed by atoms with van der Waals surface area (Å²) in [6.45, 7) is 13.2. The van der Waals surface area contributed by atoms with Crippen LogP contribution in [0.4, 0.5) is 0 Å². The van der Waals surface area contributed by atoms with Crippen LogP contribution in [0.15, 0.2) is 4.99 Å². The van der Waals surface area contributed by atoms with Crippen LogP contribution in [-0.4, -0.2) is 76.6 Å². The molecule has 1 saturated carbocycles. The van der Waals surface area contributed by atoms with Gasteiger partial charge in [0.1, 0.15) is 0 Å². The van der Waals surface area contributed by atoms with Crippen molar-refractivity contribution in [1.29, 1.82) is 0 Å². The summed E-state index contributed by atoms with van der Waals surface area (Å²) in [6.07, 6.45) is 2.05. The molecule has 1 aliphatic rings. The molecule has 0 saturated heterocycles. The van der Waals surface area contributed by atoms with Crippen molar-refractivity contribution in [1.82, 2.24) is 15.5 Å². The van der Waals surface area contributed by atoms with Gasteiger partial charge in [0.25, 0.3) is 0 Å². The summed E-state index contributed by atoms with van der Waals surface area (Å²) < 4.78 is 10.8. The fraction of sp³-hybridized carbons (Fsp3) is 0.944. The second kappa shape index (κ2) is 9.59. The monoisotopic (exact) mass is 342 g/mol.